The first kappa shape index (κ1) is 14.3. The Morgan fingerprint density at radius 2 is 2.25 bits per heavy atom. The first-order chi connectivity index (χ1) is 9.72. The molecule has 0 aromatic carbocycles. The maximum atomic E-state index is 12.2. The highest BCUT2D eigenvalue weighted by atomic mass is 16.5. The van der Waals surface area contributed by atoms with Gasteiger partial charge in [0.1, 0.15) is 0 Å². The lowest BCUT2D eigenvalue weighted by molar-refractivity contribution is -0.125. The van der Waals surface area contributed by atoms with E-state index in [4.69, 9.17) is 4.74 Å². The Morgan fingerprint density at radius 1 is 1.35 bits per heavy atom. The largest absolute Gasteiger partial charge is 0.373 e. The molecule has 5 nitrogen and oxygen atoms in total. The minimum atomic E-state index is -0.0122. The molecule has 3 fully saturated rings. The van der Waals surface area contributed by atoms with Crippen molar-refractivity contribution in [1.82, 2.24) is 15.5 Å². The molecule has 0 bridgehead atoms. The van der Waals surface area contributed by atoms with E-state index in [1.165, 1.54) is 25.8 Å². The topological polar surface area (TPSA) is 53.6 Å². The molecule has 0 spiro atoms. The van der Waals surface area contributed by atoms with Gasteiger partial charge in [-0.25, -0.2) is 0 Å². The number of carbonyl (C=O) groups excluding carboxylic acids is 1. The summed E-state index contributed by atoms with van der Waals surface area (Å²) in [6, 6.07) is 1.07. The average molecular weight is 281 g/mol. The number of piperidine rings is 1. The lowest BCUT2D eigenvalue weighted by Crippen LogP contribution is -2.54. The molecule has 0 radical (unpaired) electrons. The first-order valence-corrected chi connectivity index (χ1v) is 8.12. The van der Waals surface area contributed by atoms with Crippen LogP contribution in [0.2, 0.25) is 0 Å². The summed E-state index contributed by atoms with van der Waals surface area (Å²) in [5.41, 5.74) is 0. The van der Waals surface area contributed by atoms with Crippen molar-refractivity contribution in [3.8, 4) is 0 Å². The Hall–Kier alpha value is -0.650. The normalized spacial score (nSPS) is 38.5. The van der Waals surface area contributed by atoms with E-state index in [-0.39, 0.29) is 18.1 Å². The van der Waals surface area contributed by atoms with Crippen LogP contribution in [-0.4, -0.2) is 61.3 Å². The molecule has 0 saturated carbocycles. The summed E-state index contributed by atoms with van der Waals surface area (Å²) < 4.78 is 5.87. The molecule has 0 aromatic heterocycles. The monoisotopic (exact) mass is 281 g/mol. The van der Waals surface area contributed by atoms with Gasteiger partial charge >= 0.3 is 0 Å². The number of rotatable bonds is 3. The number of hydrogen-bond donors (Lipinski definition) is 2. The van der Waals surface area contributed by atoms with Crippen molar-refractivity contribution < 1.29 is 9.53 Å². The average Bonchev–Trinajstić information content (AvgIpc) is 2.92. The van der Waals surface area contributed by atoms with Gasteiger partial charge in [0.2, 0.25) is 5.91 Å². The van der Waals surface area contributed by atoms with Crippen LogP contribution in [0.1, 0.15) is 39.0 Å². The van der Waals surface area contributed by atoms with Crippen molar-refractivity contribution in [2.45, 2.75) is 63.3 Å². The zero-order valence-electron chi connectivity index (χ0n) is 12.4. The van der Waals surface area contributed by atoms with E-state index in [1.54, 1.807) is 0 Å². The van der Waals surface area contributed by atoms with Gasteiger partial charge in [0.05, 0.1) is 18.8 Å². The third-order valence-electron chi connectivity index (χ3n) is 4.90. The van der Waals surface area contributed by atoms with Crippen molar-refractivity contribution in [1.29, 1.82) is 0 Å². The smallest absolute Gasteiger partial charge is 0.237 e. The SMILES string of the molecule is CC1CCCC(C(=O)NCC2CN3CCCC3CO2)N1. The zero-order valence-corrected chi connectivity index (χ0v) is 12.4. The van der Waals surface area contributed by atoms with Crippen LogP contribution in [0.5, 0.6) is 0 Å². The molecule has 0 aromatic rings. The standard InChI is InChI=1S/C15H27N3O2/c1-11-4-2-6-14(17-11)15(19)16-8-13-9-18-7-3-5-12(18)10-20-13/h11-14,17H,2-10H2,1H3,(H,16,19). The van der Waals surface area contributed by atoms with E-state index in [2.05, 4.69) is 22.5 Å². The van der Waals surface area contributed by atoms with Gasteiger partial charge in [0.15, 0.2) is 0 Å². The molecule has 3 saturated heterocycles. The summed E-state index contributed by atoms with van der Waals surface area (Å²) in [5.74, 6) is 0.142. The lowest BCUT2D eigenvalue weighted by Gasteiger charge is -2.35. The molecule has 3 heterocycles. The lowest BCUT2D eigenvalue weighted by atomic mass is 9.99. The minimum absolute atomic E-state index is 0.0122. The maximum Gasteiger partial charge on any atom is 0.237 e. The Kier molecular flexibility index (Phi) is 4.58. The van der Waals surface area contributed by atoms with E-state index in [0.717, 1.165) is 26.0 Å². The summed E-state index contributed by atoms with van der Waals surface area (Å²) in [7, 11) is 0. The van der Waals surface area contributed by atoms with Crippen LogP contribution in [0.25, 0.3) is 0 Å². The van der Waals surface area contributed by atoms with Crippen molar-refractivity contribution in [2.24, 2.45) is 0 Å². The van der Waals surface area contributed by atoms with Crippen LogP contribution in [0.15, 0.2) is 0 Å². The summed E-state index contributed by atoms with van der Waals surface area (Å²) in [6.45, 7) is 5.80. The molecular weight excluding hydrogens is 254 g/mol. The fourth-order valence-electron chi connectivity index (χ4n) is 3.69. The predicted molar refractivity (Wildman–Crippen MR) is 77.6 cm³/mol. The molecule has 5 heteroatoms. The number of nitrogens with one attached hydrogen (secondary N) is 2. The number of fused-ring (bicyclic) bond motifs is 1. The first-order valence-electron chi connectivity index (χ1n) is 8.12. The van der Waals surface area contributed by atoms with Crippen LogP contribution >= 0.6 is 0 Å². The summed E-state index contributed by atoms with van der Waals surface area (Å²) >= 11 is 0. The third-order valence-corrected chi connectivity index (χ3v) is 4.90. The summed E-state index contributed by atoms with van der Waals surface area (Å²) in [6.07, 6.45) is 5.98. The van der Waals surface area contributed by atoms with Crippen LogP contribution in [0, 0.1) is 0 Å². The van der Waals surface area contributed by atoms with Gasteiger partial charge in [-0.3, -0.25) is 9.69 Å². The van der Waals surface area contributed by atoms with Gasteiger partial charge in [-0.2, -0.15) is 0 Å². The molecular formula is C15H27N3O2. The van der Waals surface area contributed by atoms with E-state index >= 15 is 0 Å². The van der Waals surface area contributed by atoms with Crippen LogP contribution in [0.3, 0.4) is 0 Å². The molecule has 3 aliphatic rings. The summed E-state index contributed by atoms with van der Waals surface area (Å²) in [5, 5.41) is 6.45. The number of carbonyl (C=O) groups is 1. The maximum absolute atomic E-state index is 12.2. The molecule has 4 unspecified atom stereocenters. The Morgan fingerprint density at radius 3 is 3.10 bits per heavy atom. The predicted octanol–water partition coefficient (Wildman–Crippen LogP) is 0.496. The highest BCUT2D eigenvalue weighted by Gasteiger charge is 2.32. The molecule has 114 valence electrons. The second kappa shape index (κ2) is 6.41. The molecule has 4 atom stereocenters. The number of morpholine rings is 1. The van der Waals surface area contributed by atoms with Gasteiger partial charge in [-0.1, -0.05) is 0 Å². The highest BCUT2D eigenvalue weighted by molar-refractivity contribution is 5.81. The van der Waals surface area contributed by atoms with Crippen molar-refractivity contribution in [2.75, 3.05) is 26.2 Å². The zero-order chi connectivity index (χ0) is 13.9. The highest BCUT2D eigenvalue weighted by Crippen LogP contribution is 2.22. The van der Waals surface area contributed by atoms with E-state index in [9.17, 15) is 4.79 Å². The van der Waals surface area contributed by atoms with Gasteiger partial charge in [-0.15, -0.1) is 0 Å². The summed E-state index contributed by atoms with van der Waals surface area (Å²) in [4.78, 5) is 14.7. The Bertz CT molecular complexity index is 350. The second-order valence-corrected chi connectivity index (χ2v) is 6.54. The Labute approximate surface area is 121 Å². The molecule has 0 aliphatic carbocycles. The molecule has 2 N–H and O–H groups in total. The quantitative estimate of drug-likeness (QED) is 0.791. The number of hydrogen-bond acceptors (Lipinski definition) is 4. The third kappa shape index (κ3) is 3.32. The minimum Gasteiger partial charge on any atom is -0.373 e. The van der Waals surface area contributed by atoms with Crippen molar-refractivity contribution in [3.05, 3.63) is 0 Å². The van der Waals surface area contributed by atoms with Crippen LogP contribution in [-0.2, 0) is 9.53 Å². The van der Waals surface area contributed by atoms with Crippen LogP contribution < -0.4 is 10.6 Å². The van der Waals surface area contributed by atoms with Gasteiger partial charge < -0.3 is 15.4 Å². The van der Waals surface area contributed by atoms with E-state index in [1.807, 2.05) is 0 Å². The van der Waals surface area contributed by atoms with Crippen LogP contribution in [0.4, 0.5) is 0 Å². The number of nitrogens with zero attached hydrogens (tertiary/aromatic N) is 1. The molecule has 1 amide bonds. The van der Waals surface area contributed by atoms with E-state index < -0.39 is 0 Å². The van der Waals surface area contributed by atoms with Gasteiger partial charge in [0, 0.05) is 25.2 Å². The number of ether oxygens (including phenoxy) is 1. The Balaban J connectivity index is 1.41. The second-order valence-electron chi connectivity index (χ2n) is 6.54. The van der Waals surface area contributed by atoms with Crippen molar-refractivity contribution >= 4 is 5.91 Å². The number of amides is 1. The van der Waals surface area contributed by atoms with E-state index in [0.29, 0.717) is 18.6 Å². The molecule has 3 rings (SSSR count). The fraction of sp³-hybridized carbons (Fsp3) is 0.933. The van der Waals surface area contributed by atoms with Crippen molar-refractivity contribution in [3.63, 3.8) is 0 Å². The molecule has 20 heavy (non-hydrogen) atoms. The van der Waals surface area contributed by atoms with Gasteiger partial charge in [0.25, 0.3) is 0 Å². The van der Waals surface area contributed by atoms with Gasteiger partial charge in [-0.05, 0) is 45.6 Å². The molecule has 3 aliphatic heterocycles. The fourth-order valence-corrected chi connectivity index (χ4v) is 3.69.